The summed E-state index contributed by atoms with van der Waals surface area (Å²) in [6.07, 6.45) is 2.47. The predicted molar refractivity (Wildman–Crippen MR) is 28.7 cm³/mol. The van der Waals surface area contributed by atoms with Crippen molar-refractivity contribution >= 4 is 0 Å². The molecule has 2 aliphatic rings. The van der Waals surface area contributed by atoms with E-state index in [4.69, 9.17) is 9.47 Å². The van der Waals surface area contributed by atoms with E-state index in [0.717, 1.165) is 13.0 Å². The molecule has 0 amide bonds. The quantitative estimate of drug-likeness (QED) is 0.496. The van der Waals surface area contributed by atoms with E-state index >= 15 is 0 Å². The van der Waals surface area contributed by atoms with Crippen LogP contribution in [0.1, 0.15) is 13.3 Å². The summed E-state index contributed by atoms with van der Waals surface area (Å²) in [4.78, 5) is 0. The molecule has 2 rings (SSSR count). The van der Waals surface area contributed by atoms with Gasteiger partial charge in [0.25, 0.3) is 0 Å². The minimum absolute atomic E-state index is 0.425. The standard InChI is InChI=1S/C6H10O2/c1-2-4-6-5(8-4)3-7-6/h4-6H,2-3H2,1H3. The molecular formula is C6H10O2. The Kier molecular flexibility index (Phi) is 0.866. The lowest BCUT2D eigenvalue weighted by molar-refractivity contribution is -0.330. The van der Waals surface area contributed by atoms with Gasteiger partial charge in [0, 0.05) is 0 Å². The molecule has 2 nitrogen and oxygen atoms in total. The van der Waals surface area contributed by atoms with Crippen molar-refractivity contribution in [3.8, 4) is 0 Å². The molecule has 2 aliphatic heterocycles. The molecular weight excluding hydrogens is 104 g/mol. The van der Waals surface area contributed by atoms with Crippen molar-refractivity contribution in [2.75, 3.05) is 6.61 Å². The highest BCUT2D eigenvalue weighted by molar-refractivity contribution is 4.95. The van der Waals surface area contributed by atoms with Crippen LogP contribution < -0.4 is 0 Å². The number of hydrogen-bond acceptors (Lipinski definition) is 2. The number of rotatable bonds is 1. The van der Waals surface area contributed by atoms with Gasteiger partial charge in [0.15, 0.2) is 0 Å². The van der Waals surface area contributed by atoms with Crippen LogP contribution in [0.2, 0.25) is 0 Å². The van der Waals surface area contributed by atoms with E-state index < -0.39 is 0 Å². The van der Waals surface area contributed by atoms with Gasteiger partial charge in [0.1, 0.15) is 12.2 Å². The predicted octanol–water partition coefficient (Wildman–Crippen LogP) is 0.563. The van der Waals surface area contributed by atoms with E-state index in [1.807, 2.05) is 0 Å². The summed E-state index contributed by atoms with van der Waals surface area (Å²) >= 11 is 0. The average Bonchev–Trinajstić information content (AvgIpc) is 1.76. The fourth-order valence-electron chi connectivity index (χ4n) is 1.29. The first-order chi connectivity index (χ1) is 3.92. The minimum atomic E-state index is 0.425. The number of ether oxygens (including phenoxy) is 2. The molecule has 3 unspecified atom stereocenters. The van der Waals surface area contributed by atoms with Gasteiger partial charge >= 0.3 is 0 Å². The van der Waals surface area contributed by atoms with Gasteiger partial charge < -0.3 is 9.47 Å². The molecule has 0 aromatic rings. The number of hydrogen-bond donors (Lipinski definition) is 0. The van der Waals surface area contributed by atoms with E-state index in [1.165, 1.54) is 0 Å². The first-order valence-electron chi connectivity index (χ1n) is 3.19. The summed E-state index contributed by atoms with van der Waals surface area (Å²) in [7, 11) is 0. The van der Waals surface area contributed by atoms with Crippen LogP contribution in [0, 0.1) is 0 Å². The highest BCUT2D eigenvalue weighted by Gasteiger charge is 2.49. The molecule has 3 atom stereocenters. The smallest absolute Gasteiger partial charge is 0.112 e. The van der Waals surface area contributed by atoms with E-state index in [-0.39, 0.29) is 0 Å². The molecule has 0 spiro atoms. The third-order valence-corrected chi connectivity index (χ3v) is 1.94. The molecule has 2 heteroatoms. The lowest BCUT2D eigenvalue weighted by Crippen LogP contribution is -2.65. The van der Waals surface area contributed by atoms with Crippen molar-refractivity contribution in [3.05, 3.63) is 0 Å². The zero-order valence-corrected chi connectivity index (χ0v) is 4.96. The Morgan fingerprint density at radius 1 is 1.62 bits per heavy atom. The molecule has 2 fully saturated rings. The summed E-state index contributed by atoms with van der Waals surface area (Å²) in [5.41, 5.74) is 0. The first kappa shape index (κ1) is 4.77. The highest BCUT2D eigenvalue weighted by atomic mass is 16.7. The van der Waals surface area contributed by atoms with Crippen molar-refractivity contribution < 1.29 is 9.47 Å². The Balaban J connectivity index is 1.89. The summed E-state index contributed by atoms with van der Waals surface area (Å²) in [5, 5.41) is 0. The Morgan fingerprint density at radius 3 is 2.62 bits per heavy atom. The summed E-state index contributed by atoms with van der Waals surface area (Å²) in [6, 6.07) is 0. The largest absolute Gasteiger partial charge is 0.370 e. The van der Waals surface area contributed by atoms with Gasteiger partial charge in [-0.05, 0) is 6.42 Å². The Bertz CT molecular complexity index is 101. The second-order valence-corrected chi connectivity index (χ2v) is 2.42. The van der Waals surface area contributed by atoms with Gasteiger partial charge in [0.2, 0.25) is 0 Å². The van der Waals surface area contributed by atoms with Crippen molar-refractivity contribution in [2.24, 2.45) is 0 Å². The van der Waals surface area contributed by atoms with Gasteiger partial charge in [-0.2, -0.15) is 0 Å². The Morgan fingerprint density at radius 2 is 2.50 bits per heavy atom. The summed E-state index contributed by atoms with van der Waals surface area (Å²) in [6.45, 7) is 2.96. The van der Waals surface area contributed by atoms with Crippen LogP contribution in [-0.4, -0.2) is 24.9 Å². The van der Waals surface area contributed by atoms with Crippen LogP contribution in [0.25, 0.3) is 0 Å². The normalized spacial score (nSPS) is 51.4. The maximum atomic E-state index is 5.36. The zero-order chi connectivity index (χ0) is 5.56. The van der Waals surface area contributed by atoms with Crippen LogP contribution >= 0.6 is 0 Å². The maximum absolute atomic E-state index is 5.36. The van der Waals surface area contributed by atoms with Crippen LogP contribution in [0.5, 0.6) is 0 Å². The summed E-state index contributed by atoms with van der Waals surface area (Å²) in [5.74, 6) is 0. The van der Waals surface area contributed by atoms with Gasteiger partial charge in [-0.15, -0.1) is 0 Å². The SMILES string of the molecule is CCC1OC2COC12. The van der Waals surface area contributed by atoms with Gasteiger partial charge in [-0.3, -0.25) is 0 Å². The first-order valence-corrected chi connectivity index (χ1v) is 3.19. The third kappa shape index (κ3) is 0.400. The van der Waals surface area contributed by atoms with Crippen LogP contribution in [0.3, 0.4) is 0 Å². The Labute approximate surface area is 48.8 Å². The minimum Gasteiger partial charge on any atom is -0.370 e. The van der Waals surface area contributed by atoms with Gasteiger partial charge in [-0.25, -0.2) is 0 Å². The van der Waals surface area contributed by atoms with Crippen LogP contribution in [0.15, 0.2) is 0 Å². The van der Waals surface area contributed by atoms with E-state index in [1.54, 1.807) is 0 Å². The molecule has 2 saturated heterocycles. The van der Waals surface area contributed by atoms with Gasteiger partial charge in [0.05, 0.1) is 12.7 Å². The fourth-order valence-corrected chi connectivity index (χ4v) is 1.29. The number of fused-ring (bicyclic) bond motifs is 1. The molecule has 8 heavy (non-hydrogen) atoms. The zero-order valence-electron chi connectivity index (χ0n) is 4.96. The topological polar surface area (TPSA) is 18.5 Å². The molecule has 2 heterocycles. The maximum Gasteiger partial charge on any atom is 0.112 e. The average molecular weight is 114 g/mol. The lowest BCUT2D eigenvalue weighted by atomic mass is 9.95. The van der Waals surface area contributed by atoms with E-state index in [0.29, 0.717) is 18.3 Å². The third-order valence-electron chi connectivity index (χ3n) is 1.94. The van der Waals surface area contributed by atoms with Crippen LogP contribution in [0.4, 0.5) is 0 Å². The van der Waals surface area contributed by atoms with Crippen molar-refractivity contribution in [1.29, 1.82) is 0 Å². The molecule has 46 valence electrons. The van der Waals surface area contributed by atoms with Crippen LogP contribution in [-0.2, 0) is 9.47 Å². The fraction of sp³-hybridized carbons (Fsp3) is 1.00. The summed E-state index contributed by atoms with van der Waals surface area (Å²) < 4.78 is 10.6. The molecule has 0 aromatic heterocycles. The molecule has 0 N–H and O–H groups in total. The molecule has 0 aromatic carbocycles. The second-order valence-electron chi connectivity index (χ2n) is 2.42. The van der Waals surface area contributed by atoms with E-state index in [9.17, 15) is 0 Å². The van der Waals surface area contributed by atoms with Gasteiger partial charge in [-0.1, -0.05) is 6.92 Å². The molecule has 0 saturated carbocycles. The van der Waals surface area contributed by atoms with Crippen molar-refractivity contribution in [3.63, 3.8) is 0 Å². The highest BCUT2D eigenvalue weighted by Crippen LogP contribution is 2.34. The molecule has 0 bridgehead atoms. The second kappa shape index (κ2) is 1.45. The molecule has 0 aliphatic carbocycles. The molecule has 0 radical (unpaired) electrons. The monoisotopic (exact) mass is 114 g/mol. The van der Waals surface area contributed by atoms with E-state index in [2.05, 4.69) is 6.92 Å². The van der Waals surface area contributed by atoms with Crippen molar-refractivity contribution in [1.82, 2.24) is 0 Å². The lowest BCUT2D eigenvalue weighted by Gasteiger charge is -2.51. The van der Waals surface area contributed by atoms with Crippen molar-refractivity contribution in [2.45, 2.75) is 31.7 Å². The Hall–Kier alpha value is -0.0800.